The predicted molar refractivity (Wildman–Crippen MR) is 259 cm³/mol. The molecule has 1 aliphatic heterocycles. The van der Waals surface area contributed by atoms with Gasteiger partial charge >= 0.3 is 0 Å². The summed E-state index contributed by atoms with van der Waals surface area (Å²) in [4.78, 5) is 77.6. The number of ketones is 1. The zero-order valence-corrected chi connectivity index (χ0v) is 42.4. The van der Waals surface area contributed by atoms with Crippen LogP contribution in [-0.4, -0.2) is 95.2 Å². The molecule has 1 aromatic carbocycles. The van der Waals surface area contributed by atoms with Crippen molar-refractivity contribution in [2.24, 2.45) is 27.7 Å². The Labute approximate surface area is 383 Å². The monoisotopic (exact) mass is 901 g/mol. The Morgan fingerprint density at radius 1 is 0.810 bits per heavy atom. The second kappa shape index (κ2) is 29.3. The van der Waals surface area contributed by atoms with Crippen LogP contribution in [0.3, 0.4) is 0 Å². The molecule has 14 nitrogen and oxygen atoms in total. The number of aliphatic hydroxyl groups excluding tert-OH is 1. The Morgan fingerprint density at radius 2 is 1.38 bits per heavy atom. The van der Waals surface area contributed by atoms with Gasteiger partial charge in [-0.3, -0.25) is 29.0 Å². The summed E-state index contributed by atoms with van der Waals surface area (Å²) in [7, 11) is 0. The van der Waals surface area contributed by atoms with Gasteiger partial charge in [0.2, 0.25) is 23.6 Å². The number of rotatable bonds is 18. The number of hydrogen-bond donors (Lipinski definition) is 7. The van der Waals surface area contributed by atoms with Crippen molar-refractivity contribution in [1.29, 1.82) is 0 Å². The molecule has 0 spiro atoms. The molecule has 7 N–H and O–H groups in total. The SMILES string of the molecule is CC.CC.CC.CC(=O)C[C@@H](NC(=O)[C@@H](NC(=O)C(NC(=NCCO)C(NC(=O)C(NC(=O)C1NCCC1C)C(C)C)C(C)(C)C)C(C)(C)C)C(C)c1ccccc1)c1nccs1. The first-order valence-electron chi connectivity index (χ1n) is 23.0. The van der Waals surface area contributed by atoms with E-state index >= 15 is 0 Å². The number of benzene rings is 1. The van der Waals surface area contributed by atoms with E-state index in [-0.39, 0.29) is 48.9 Å². The number of amidine groups is 1. The smallest absolute Gasteiger partial charge is 0.243 e. The second-order valence-corrected chi connectivity index (χ2v) is 18.6. The first-order chi connectivity index (χ1) is 29.6. The molecule has 1 aromatic heterocycles. The topological polar surface area (TPSA) is 203 Å². The van der Waals surface area contributed by atoms with E-state index in [4.69, 9.17) is 0 Å². The van der Waals surface area contributed by atoms with E-state index < -0.39 is 70.7 Å². The summed E-state index contributed by atoms with van der Waals surface area (Å²) in [5, 5.41) is 30.9. The third-order valence-corrected chi connectivity index (χ3v) is 11.1. The molecule has 63 heavy (non-hydrogen) atoms. The minimum absolute atomic E-state index is 0.0107. The quantitative estimate of drug-likeness (QED) is 0.0627. The van der Waals surface area contributed by atoms with Crippen molar-refractivity contribution in [3.63, 3.8) is 0 Å². The lowest BCUT2D eigenvalue weighted by Crippen LogP contribution is -2.64. The number of aliphatic hydroxyl groups is 1. The van der Waals surface area contributed by atoms with E-state index in [0.29, 0.717) is 5.01 Å². The predicted octanol–water partition coefficient (Wildman–Crippen LogP) is 6.71. The minimum Gasteiger partial charge on any atom is -0.394 e. The fourth-order valence-electron chi connectivity index (χ4n) is 6.86. The van der Waals surface area contributed by atoms with Crippen LogP contribution in [0.2, 0.25) is 0 Å². The summed E-state index contributed by atoms with van der Waals surface area (Å²) in [6, 6.07) is 4.60. The van der Waals surface area contributed by atoms with Crippen molar-refractivity contribution < 1.29 is 29.1 Å². The summed E-state index contributed by atoms with van der Waals surface area (Å²) in [6.07, 6.45) is 2.51. The zero-order valence-electron chi connectivity index (χ0n) is 41.6. The molecule has 3 rings (SSSR count). The molecule has 2 heterocycles. The first-order valence-corrected chi connectivity index (χ1v) is 23.8. The number of thiazole rings is 1. The van der Waals surface area contributed by atoms with Crippen LogP contribution in [0, 0.1) is 22.7 Å². The third-order valence-electron chi connectivity index (χ3n) is 10.3. The fourth-order valence-corrected chi connectivity index (χ4v) is 7.55. The van der Waals surface area contributed by atoms with Gasteiger partial charge in [0.25, 0.3) is 0 Å². The molecule has 6 unspecified atom stereocenters. The first kappa shape index (κ1) is 58.8. The Bertz CT molecular complexity index is 1670. The van der Waals surface area contributed by atoms with Crippen LogP contribution in [0.25, 0.3) is 0 Å². The van der Waals surface area contributed by atoms with Crippen molar-refractivity contribution in [3.05, 3.63) is 52.5 Å². The van der Waals surface area contributed by atoms with Gasteiger partial charge in [-0.25, -0.2) is 4.98 Å². The maximum atomic E-state index is 14.6. The van der Waals surface area contributed by atoms with E-state index in [2.05, 4.69) is 41.9 Å². The van der Waals surface area contributed by atoms with Crippen LogP contribution in [-0.2, 0) is 24.0 Å². The molecule has 15 heteroatoms. The van der Waals surface area contributed by atoms with Crippen molar-refractivity contribution in [1.82, 2.24) is 36.9 Å². The van der Waals surface area contributed by atoms with Gasteiger partial charge in [-0.15, -0.1) is 11.3 Å². The van der Waals surface area contributed by atoms with Gasteiger partial charge in [0.05, 0.1) is 31.3 Å². The maximum absolute atomic E-state index is 14.6. The van der Waals surface area contributed by atoms with Gasteiger partial charge in [-0.1, -0.05) is 141 Å². The summed E-state index contributed by atoms with van der Waals surface area (Å²) < 4.78 is 0. The second-order valence-electron chi connectivity index (χ2n) is 17.7. The molecular weight excluding hydrogens is 817 g/mol. The number of carbonyl (C=O) groups excluding carboxylic acids is 5. The van der Waals surface area contributed by atoms with E-state index in [1.807, 2.05) is 141 Å². The lowest BCUT2D eigenvalue weighted by molar-refractivity contribution is -0.132. The third kappa shape index (κ3) is 19.2. The number of aliphatic imine (C=N–C) groups is 1. The number of Topliss-reactive ketones (excluding diaryl/α,β-unsaturated/α-hetero) is 1. The average molecular weight is 901 g/mol. The molecule has 4 amide bonds. The molecule has 358 valence electrons. The number of amides is 4. The van der Waals surface area contributed by atoms with E-state index in [1.165, 1.54) is 18.3 Å². The molecule has 2 aromatic rings. The van der Waals surface area contributed by atoms with Gasteiger partial charge in [-0.05, 0) is 48.1 Å². The van der Waals surface area contributed by atoms with E-state index in [9.17, 15) is 29.1 Å². The van der Waals surface area contributed by atoms with Gasteiger partial charge in [0.15, 0.2) is 0 Å². The summed E-state index contributed by atoms with van der Waals surface area (Å²) in [6.45, 7) is 32.9. The molecule has 0 saturated carbocycles. The molecular formula is C48H84N8O6S. The van der Waals surface area contributed by atoms with Crippen molar-refractivity contribution >= 4 is 46.6 Å². The standard InChI is InChI=1S/C42H66N8O6S.3C2H6/c1-24(2)30(47-37(54)31-25(3)17-18-43-31)36(53)50-33(41(6,7)8)35(44-19-21-51)49-34(42(9,10)11)39(56)48-32(27(5)28-15-13-12-14-16-28)38(55)46-29(23-26(4)52)40-45-20-22-57-40;3*1-2/h12-16,20,22,24-25,27,29-34,43,51H,17-19,21,23H2,1-11H3,(H,44,49)(H,46,55)(H,47,54)(H,48,56)(H,50,53);3*1-2H3/t25?,27?,29-,30?,31?,32+,33?,34?;;;/m1.../s1. The van der Waals surface area contributed by atoms with E-state index in [0.717, 1.165) is 18.5 Å². The zero-order chi connectivity index (χ0) is 48.7. The van der Waals surface area contributed by atoms with Gasteiger partial charge in [-0.2, -0.15) is 0 Å². The van der Waals surface area contributed by atoms with Gasteiger partial charge < -0.3 is 37.0 Å². The molecule has 8 atom stereocenters. The van der Waals surface area contributed by atoms with Crippen LogP contribution in [0.4, 0.5) is 0 Å². The normalized spacial score (nSPS) is 17.9. The number of aromatic nitrogens is 1. The highest BCUT2D eigenvalue weighted by Crippen LogP contribution is 2.27. The number of carbonyl (C=O) groups is 5. The highest BCUT2D eigenvalue weighted by Gasteiger charge is 2.41. The summed E-state index contributed by atoms with van der Waals surface area (Å²) in [5.74, 6) is -2.08. The van der Waals surface area contributed by atoms with Crippen molar-refractivity contribution in [2.75, 3.05) is 19.7 Å². The Hall–Kier alpha value is -4.21. The molecule has 1 aliphatic rings. The van der Waals surface area contributed by atoms with Gasteiger partial charge in [0.1, 0.15) is 34.8 Å². The lowest BCUT2D eigenvalue weighted by atomic mass is 9.82. The Kier molecular flexibility index (Phi) is 27.3. The van der Waals surface area contributed by atoms with Crippen LogP contribution in [0.15, 0.2) is 46.9 Å². The lowest BCUT2D eigenvalue weighted by Gasteiger charge is -2.39. The maximum Gasteiger partial charge on any atom is 0.243 e. The minimum atomic E-state index is -1.07. The van der Waals surface area contributed by atoms with Crippen molar-refractivity contribution in [2.45, 2.75) is 173 Å². The number of hydrogen-bond acceptors (Lipinski definition) is 10. The van der Waals surface area contributed by atoms with Gasteiger partial charge in [0, 0.05) is 23.9 Å². The molecule has 1 fully saturated rings. The molecule has 1 saturated heterocycles. The van der Waals surface area contributed by atoms with Crippen LogP contribution < -0.4 is 31.9 Å². The summed E-state index contributed by atoms with van der Waals surface area (Å²) in [5.41, 5.74) is -0.596. The molecule has 0 bridgehead atoms. The fraction of sp³-hybridized carbons (Fsp3) is 0.688. The van der Waals surface area contributed by atoms with Crippen molar-refractivity contribution in [3.8, 4) is 0 Å². The Balaban J connectivity index is 0.00000613. The van der Waals surface area contributed by atoms with Crippen LogP contribution in [0.5, 0.6) is 0 Å². The highest BCUT2D eigenvalue weighted by molar-refractivity contribution is 7.09. The van der Waals surface area contributed by atoms with E-state index in [1.54, 1.807) is 11.6 Å². The molecule has 0 aliphatic carbocycles. The molecule has 0 radical (unpaired) electrons. The number of nitrogens with one attached hydrogen (secondary N) is 6. The largest absolute Gasteiger partial charge is 0.394 e. The average Bonchev–Trinajstić information content (AvgIpc) is 3.94. The van der Waals surface area contributed by atoms with Crippen LogP contribution >= 0.6 is 11.3 Å². The Morgan fingerprint density at radius 3 is 1.84 bits per heavy atom. The summed E-state index contributed by atoms with van der Waals surface area (Å²) >= 11 is 1.33. The number of nitrogens with zero attached hydrogens (tertiary/aromatic N) is 2. The van der Waals surface area contributed by atoms with Crippen LogP contribution in [0.1, 0.15) is 153 Å². The highest BCUT2D eigenvalue weighted by atomic mass is 32.1.